The molecule has 0 radical (unpaired) electrons. The summed E-state index contributed by atoms with van der Waals surface area (Å²) in [4.78, 5) is 13.1. The van der Waals surface area contributed by atoms with E-state index in [1.165, 1.54) is 12.5 Å². The van der Waals surface area contributed by atoms with Crippen molar-refractivity contribution in [3.05, 3.63) is 11.6 Å². The van der Waals surface area contributed by atoms with Crippen LogP contribution in [0.4, 0.5) is 0 Å². The zero-order valence-electron chi connectivity index (χ0n) is 38.3. The normalized spacial score (nSPS) is 54.1. The third kappa shape index (κ3) is 7.51. The molecule has 0 aromatic carbocycles. The zero-order valence-corrected chi connectivity index (χ0v) is 38.3. The highest BCUT2D eigenvalue weighted by Crippen LogP contribution is 2.76. The third-order valence-electron chi connectivity index (χ3n) is 19.0. The molecule has 8 rings (SSSR count). The number of rotatable bonds is 8. The Bertz CT molecular complexity index is 1720. The quantitative estimate of drug-likeness (QED) is 0.125. The minimum Gasteiger partial charge on any atom is -0.481 e. The van der Waals surface area contributed by atoms with Crippen molar-refractivity contribution in [2.45, 2.75) is 212 Å². The lowest BCUT2D eigenvalue weighted by Gasteiger charge is -2.71. The minimum absolute atomic E-state index is 0.0289. The van der Waals surface area contributed by atoms with Crippen LogP contribution in [-0.2, 0) is 33.2 Å². The van der Waals surface area contributed by atoms with Crippen molar-refractivity contribution in [3.8, 4) is 0 Å². The van der Waals surface area contributed by atoms with E-state index < -0.39 is 109 Å². The molecule has 22 atom stereocenters. The van der Waals surface area contributed by atoms with E-state index in [1.54, 1.807) is 0 Å². The van der Waals surface area contributed by atoms with Gasteiger partial charge in [-0.25, -0.2) is 0 Å². The molecule has 16 nitrogen and oxygen atoms in total. The van der Waals surface area contributed by atoms with Gasteiger partial charge < -0.3 is 74.4 Å². The molecule has 0 spiro atoms. The van der Waals surface area contributed by atoms with Crippen LogP contribution in [0.5, 0.6) is 0 Å². The van der Waals surface area contributed by atoms with Crippen LogP contribution in [-0.4, -0.2) is 157 Å². The Kier molecular flexibility index (Phi) is 12.8. The van der Waals surface area contributed by atoms with Crippen molar-refractivity contribution in [1.82, 2.24) is 0 Å². The Morgan fingerprint density at radius 2 is 1.37 bits per heavy atom. The van der Waals surface area contributed by atoms with Crippen molar-refractivity contribution < 1.29 is 79.2 Å². The third-order valence-corrected chi connectivity index (χ3v) is 19.0. The number of fused-ring (bicyclic) bond motifs is 7. The summed E-state index contributed by atoms with van der Waals surface area (Å²) < 4.78 is 36.7. The van der Waals surface area contributed by atoms with E-state index in [4.69, 9.17) is 28.4 Å². The number of carbonyl (C=O) groups is 1. The highest BCUT2D eigenvalue weighted by molar-refractivity contribution is 5.76. The van der Waals surface area contributed by atoms with Gasteiger partial charge in [-0.3, -0.25) is 4.79 Å². The molecule has 0 aromatic rings. The Morgan fingerprint density at radius 1 is 0.714 bits per heavy atom. The number of hydrogen-bond donors (Lipinski definition) is 9. The number of carboxylic acid groups (broad SMARTS) is 1. The van der Waals surface area contributed by atoms with E-state index in [-0.39, 0.29) is 46.2 Å². The molecule has 4 unspecified atom stereocenters. The molecule has 9 N–H and O–H groups in total. The van der Waals surface area contributed by atoms with Gasteiger partial charge in [0.15, 0.2) is 18.9 Å². The topological polar surface area (TPSA) is 255 Å². The van der Waals surface area contributed by atoms with Crippen LogP contribution in [0.15, 0.2) is 11.6 Å². The number of ether oxygens (including phenoxy) is 6. The first-order valence-corrected chi connectivity index (χ1v) is 23.6. The Labute approximate surface area is 371 Å². The molecule has 5 aliphatic carbocycles. The van der Waals surface area contributed by atoms with E-state index in [0.717, 1.165) is 51.4 Å². The monoisotopic (exact) mass is 897 g/mol. The molecule has 0 aromatic heterocycles. The number of aliphatic hydroxyl groups excluding tert-OH is 8. The highest BCUT2D eigenvalue weighted by atomic mass is 16.8. The second-order valence-electron chi connectivity index (χ2n) is 23.0. The lowest BCUT2D eigenvalue weighted by atomic mass is 9.33. The SMILES string of the molecule is C[C@@H]1O[C@@H](O[C@H]2[C@H](OC3CC[C@@]4(C)C(CC[C@]5(C)C4CC=C4C6CC(C)(C)CC[C@]6(C(=O)O)CC[C@]45C)C3(C)C)OC[C@H](O[C@H]3O[C@H](CO)[C@@H](O)[C@H](O)[C@H]3O)[C@@H]2O)[C@H](O)[C@H](O)[C@H]1O. The number of aliphatic hydroxyl groups is 8. The van der Waals surface area contributed by atoms with Crippen molar-refractivity contribution in [2.75, 3.05) is 13.2 Å². The van der Waals surface area contributed by atoms with Crippen LogP contribution in [0, 0.1) is 50.2 Å². The first-order chi connectivity index (χ1) is 29.4. The molecule has 4 saturated carbocycles. The van der Waals surface area contributed by atoms with Gasteiger partial charge >= 0.3 is 5.97 Å². The lowest BCUT2D eigenvalue weighted by Crippen LogP contribution is -2.66. The lowest BCUT2D eigenvalue weighted by molar-refractivity contribution is -0.380. The molecule has 16 heteroatoms. The summed E-state index contributed by atoms with van der Waals surface area (Å²) in [7, 11) is 0. The summed E-state index contributed by atoms with van der Waals surface area (Å²) in [5.74, 6) is -0.0288. The second kappa shape index (κ2) is 16.7. The van der Waals surface area contributed by atoms with Crippen molar-refractivity contribution >= 4 is 5.97 Å². The number of aliphatic carboxylic acids is 1. The maximum Gasteiger partial charge on any atom is 0.310 e. The predicted octanol–water partition coefficient (Wildman–Crippen LogP) is 2.37. The number of carboxylic acids is 1. The second-order valence-corrected chi connectivity index (χ2v) is 23.0. The zero-order chi connectivity index (χ0) is 46.0. The van der Waals surface area contributed by atoms with Gasteiger partial charge in [-0.1, -0.05) is 60.1 Å². The summed E-state index contributed by atoms with van der Waals surface area (Å²) in [6.45, 7) is 17.0. The molecule has 0 amide bonds. The molecular weight excluding hydrogens is 821 g/mol. The van der Waals surface area contributed by atoms with Gasteiger partial charge in [-0.15, -0.1) is 0 Å². The average Bonchev–Trinajstić information content (AvgIpc) is 3.22. The molecule has 63 heavy (non-hydrogen) atoms. The van der Waals surface area contributed by atoms with E-state index in [1.807, 2.05) is 0 Å². The molecule has 8 aliphatic rings. The molecule has 360 valence electrons. The van der Waals surface area contributed by atoms with Gasteiger partial charge in [0.1, 0.15) is 61.0 Å². The summed E-state index contributed by atoms with van der Waals surface area (Å²) in [5.41, 5.74) is 0.113. The maximum absolute atomic E-state index is 13.1. The van der Waals surface area contributed by atoms with Gasteiger partial charge in [0.2, 0.25) is 0 Å². The summed E-state index contributed by atoms with van der Waals surface area (Å²) >= 11 is 0. The van der Waals surface area contributed by atoms with E-state index in [2.05, 4.69) is 54.5 Å². The molecule has 0 bridgehead atoms. The van der Waals surface area contributed by atoms with Crippen molar-refractivity contribution in [2.24, 2.45) is 50.2 Å². The Balaban J connectivity index is 1.04. The first kappa shape index (κ1) is 48.1. The fraction of sp³-hybridized carbons (Fsp3) is 0.936. The van der Waals surface area contributed by atoms with E-state index >= 15 is 0 Å². The molecule has 3 saturated heterocycles. The number of allylic oxidation sites excluding steroid dienone is 2. The predicted molar refractivity (Wildman–Crippen MR) is 223 cm³/mol. The Hall–Kier alpha value is -1.35. The summed E-state index contributed by atoms with van der Waals surface area (Å²) in [6.07, 6.45) is -10.1. The standard InChI is InChI=1S/C47H76O16/c1-22-30(49)33(52)35(54)38(59-22)63-37-32(51)26(61-39-36(55)34(53)31(50)25(20-48)60-39)21-58-40(37)62-29-12-13-44(6)27(43(29,4)5)11-14-46(8)28(44)10-9-23-24-19-42(2,3)15-17-47(24,41(56)57)18-16-45(23,46)7/h9,22,24-40,48-55H,10-21H2,1-8H3,(H,56,57)/t22-,24?,25+,26-,27?,28?,29?,30-,31+,32-,33+,34-,35+,36+,37+,38-,39+,40-,44-,45+,46+,47-/m0/s1. The smallest absolute Gasteiger partial charge is 0.310 e. The van der Waals surface area contributed by atoms with Gasteiger partial charge in [0, 0.05) is 0 Å². The highest BCUT2D eigenvalue weighted by Gasteiger charge is 2.70. The molecule has 3 heterocycles. The van der Waals surface area contributed by atoms with Gasteiger partial charge in [0.05, 0.1) is 30.8 Å². The van der Waals surface area contributed by atoms with Crippen LogP contribution < -0.4 is 0 Å². The van der Waals surface area contributed by atoms with Crippen LogP contribution in [0.2, 0.25) is 0 Å². The summed E-state index contributed by atoms with van der Waals surface area (Å²) in [5, 5.41) is 96.0. The van der Waals surface area contributed by atoms with Crippen LogP contribution in [0.3, 0.4) is 0 Å². The minimum atomic E-state index is -1.75. The van der Waals surface area contributed by atoms with Crippen LogP contribution in [0.25, 0.3) is 0 Å². The molecule has 3 aliphatic heterocycles. The molecular formula is C47H76O16. The van der Waals surface area contributed by atoms with Gasteiger partial charge in [-0.2, -0.15) is 0 Å². The van der Waals surface area contributed by atoms with E-state index in [9.17, 15) is 50.8 Å². The van der Waals surface area contributed by atoms with Gasteiger partial charge in [-0.05, 0) is 116 Å². The van der Waals surface area contributed by atoms with Crippen molar-refractivity contribution in [1.29, 1.82) is 0 Å². The van der Waals surface area contributed by atoms with E-state index in [0.29, 0.717) is 18.8 Å². The van der Waals surface area contributed by atoms with Crippen LogP contribution in [0.1, 0.15) is 120 Å². The Morgan fingerprint density at radius 3 is 2.03 bits per heavy atom. The fourth-order valence-corrected chi connectivity index (χ4v) is 14.8. The average molecular weight is 897 g/mol. The fourth-order valence-electron chi connectivity index (χ4n) is 14.8. The maximum atomic E-state index is 13.1. The summed E-state index contributed by atoms with van der Waals surface area (Å²) in [6, 6.07) is 0. The van der Waals surface area contributed by atoms with Crippen LogP contribution >= 0.6 is 0 Å². The largest absolute Gasteiger partial charge is 0.481 e. The van der Waals surface area contributed by atoms with Gasteiger partial charge in [0.25, 0.3) is 0 Å². The first-order valence-electron chi connectivity index (χ1n) is 23.6. The van der Waals surface area contributed by atoms with Crippen molar-refractivity contribution in [3.63, 3.8) is 0 Å². The molecule has 7 fully saturated rings. The number of hydrogen-bond acceptors (Lipinski definition) is 15.